The van der Waals surface area contributed by atoms with E-state index in [0.717, 1.165) is 48.1 Å². The molecule has 7 nitrogen and oxygen atoms in total. The third kappa shape index (κ3) is 2.93. The Morgan fingerprint density at radius 2 is 2.21 bits per heavy atom. The van der Waals surface area contributed by atoms with E-state index in [4.69, 9.17) is 9.47 Å². The number of benzene rings is 1. The summed E-state index contributed by atoms with van der Waals surface area (Å²) in [6.07, 6.45) is 2.91. The normalized spacial score (nSPS) is 18.3. The molecule has 1 amide bonds. The number of hydrogen-bond donors (Lipinski definition) is 1. The molecule has 0 spiro atoms. The summed E-state index contributed by atoms with van der Waals surface area (Å²) in [6.45, 7) is 2.97. The molecule has 7 heteroatoms. The lowest BCUT2D eigenvalue weighted by Crippen LogP contribution is -2.41. The summed E-state index contributed by atoms with van der Waals surface area (Å²) in [5.74, 6) is 3.52. The molecule has 0 fully saturated rings. The largest absolute Gasteiger partial charge is 0.454 e. The van der Waals surface area contributed by atoms with E-state index in [1.54, 1.807) is 0 Å². The first kappa shape index (κ1) is 15.0. The van der Waals surface area contributed by atoms with E-state index >= 15 is 0 Å². The van der Waals surface area contributed by atoms with Gasteiger partial charge >= 0.3 is 0 Å². The van der Waals surface area contributed by atoms with Crippen LogP contribution in [-0.4, -0.2) is 33.5 Å². The van der Waals surface area contributed by atoms with Crippen LogP contribution in [0.2, 0.25) is 0 Å². The highest BCUT2D eigenvalue weighted by atomic mass is 16.7. The second kappa shape index (κ2) is 6.14. The molecular weight excluding hydrogens is 308 g/mol. The number of aryl methyl sites for hydroxylation is 3. The summed E-state index contributed by atoms with van der Waals surface area (Å²) in [5, 5.41) is 11.4. The van der Waals surface area contributed by atoms with Crippen molar-refractivity contribution in [1.82, 2.24) is 20.1 Å². The zero-order chi connectivity index (χ0) is 16.5. The van der Waals surface area contributed by atoms with E-state index in [1.165, 1.54) is 0 Å². The number of carbonyl (C=O) groups is 1. The van der Waals surface area contributed by atoms with Crippen LogP contribution in [0.15, 0.2) is 18.2 Å². The van der Waals surface area contributed by atoms with Crippen LogP contribution in [0.1, 0.15) is 30.1 Å². The number of nitrogens with one attached hydrogen (secondary N) is 1. The smallest absolute Gasteiger partial charge is 0.231 e. The lowest BCUT2D eigenvalue weighted by molar-refractivity contribution is -0.122. The first-order chi connectivity index (χ1) is 11.7. The third-order valence-electron chi connectivity index (χ3n) is 4.57. The number of aromatic nitrogens is 3. The average Bonchev–Trinajstić information content (AvgIpc) is 3.19. The number of ether oxygens (including phenoxy) is 2. The van der Waals surface area contributed by atoms with Crippen LogP contribution in [0.4, 0.5) is 0 Å². The molecule has 0 saturated heterocycles. The van der Waals surface area contributed by atoms with Gasteiger partial charge in [0.25, 0.3) is 0 Å². The quantitative estimate of drug-likeness (QED) is 0.917. The molecule has 1 atom stereocenters. The number of carbonyl (C=O) groups excluding carboxylic acids is 1. The van der Waals surface area contributed by atoms with Gasteiger partial charge in [-0.3, -0.25) is 4.79 Å². The molecule has 0 unspecified atom stereocenters. The fourth-order valence-electron chi connectivity index (χ4n) is 3.23. The van der Waals surface area contributed by atoms with Gasteiger partial charge in [-0.05, 0) is 37.5 Å². The second-order valence-corrected chi connectivity index (χ2v) is 6.26. The van der Waals surface area contributed by atoms with E-state index in [2.05, 4.69) is 20.1 Å². The highest BCUT2D eigenvalue weighted by Gasteiger charge is 2.22. The van der Waals surface area contributed by atoms with Gasteiger partial charge in [0.05, 0.1) is 0 Å². The molecule has 24 heavy (non-hydrogen) atoms. The zero-order valence-corrected chi connectivity index (χ0v) is 13.6. The number of hydrogen-bond acceptors (Lipinski definition) is 5. The van der Waals surface area contributed by atoms with Gasteiger partial charge in [-0.25, -0.2) is 0 Å². The van der Waals surface area contributed by atoms with E-state index in [-0.39, 0.29) is 18.7 Å². The number of fused-ring (bicyclic) bond motifs is 2. The van der Waals surface area contributed by atoms with Gasteiger partial charge in [0.2, 0.25) is 12.7 Å². The summed E-state index contributed by atoms with van der Waals surface area (Å²) >= 11 is 0. The Labute approximate surface area is 140 Å². The Hall–Kier alpha value is -2.57. The molecule has 2 aliphatic heterocycles. The topological polar surface area (TPSA) is 78.3 Å². The minimum atomic E-state index is 0.0758. The molecule has 1 aromatic heterocycles. The molecule has 0 bridgehead atoms. The highest BCUT2D eigenvalue weighted by Crippen LogP contribution is 2.32. The van der Waals surface area contributed by atoms with Crippen LogP contribution in [0.25, 0.3) is 0 Å². The fourth-order valence-corrected chi connectivity index (χ4v) is 3.23. The van der Waals surface area contributed by atoms with Crippen molar-refractivity contribution in [2.45, 2.75) is 45.2 Å². The van der Waals surface area contributed by atoms with E-state index in [0.29, 0.717) is 12.8 Å². The maximum absolute atomic E-state index is 12.2. The van der Waals surface area contributed by atoms with Crippen molar-refractivity contribution in [2.24, 2.45) is 0 Å². The molecule has 126 valence electrons. The second-order valence-electron chi connectivity index (χ2n) is 6.26. The van der Waals surface area contributed by atoms with Crippen molar-refractivity contribution < 1.29 is 14.3 Å². The Bertz CT molecular complexity index is 771. The first-order valence-corrected chi connectivity index (χ1v) is 8.25. The predicted molar refractivity (Wildman–Crippen MR) is 85.9 cm³/mol. The molecular formula is C17H20N4O3. The summed E-state index contributed by atoms with van der Waals surface area (Å²) in [6, 6.07) is 5.97. The van der Waals surface area contributed by atoms with Crippen LogP contribution in [0, 0.1) is 6.92 Å². The minimum Gasteiger partial charge on any atom is -0.454 e. The van der Waals surface area contributed by atoms with Gasteiger partial charge in [0.15, 0.2) is 11.5 Å². The summed E-state index contributed by atoms with van der Waals surface area (Å²) < 4.78 is 12.8. The fraction of sp³-hybridized carbons (Fsp3) is 0.471. The Balaban J connectivity index is 1.30. The van der Waals surface area contributed by atoms with Crippen LogP contribution >= 0.6 is 0 Å². The third-order valence-corrected chi connectivity index (χ3v) is 4.57. The molecule has 0 saturated carbocycles. The van der Waals surface area contributed by atoms with Gasteiger partial charge in [0, 0.05) is 25.4 Å². The highest BCUT2D eigenvalue weighted by molar-refractivity contribution is 5.76. The number of rotatable bonds is 4. The lowest BCUT2D eigenvalue weighted by Gasteiger charge is -2.24. The molecule has 1 N–H and O–H groups in total. The molecule has 1 aromatic carbocycles. The zero-order valence-electron chi connectivity index (χ0n) is 13.6. The van der Waals surface area contributed by atoms with Gasteiger partial charge < -0.3 is 19.4 Å². The minimum absolute atomic E-state index is 0.0758. The van der Waals surface area contributed by atoms with Gasteiger partial charge in [-0.2, -0.15) is 0 Å². The molecule has 4 rings (SSSR count). The lowest BCUT2D eigenvalue weighted by atomic mass is 10.1. The molecule has 0 aliphatic carbocycles. The maximum atomic E-state index is 12.2. The van der Waals surface area contributed by atoms with E-state index in [1.807, 2.05) is 25.1 Å². The van der Waals surface area contributed by atoms with Gasteiger partial charge in [-0.15, -0.1) is 10.2 Å². The SMILES string of the molecule is Cc1nnc2n1C[C@H](NC(=O)CCc1ccc3c(c1)OCO3)CC2. The van der Waals surface area contributed by atoms with Crippen molar-refractivity contribution in [2.75, 3.05) is 6.79 Å². The Morgan fingerprint density at radius 1 is 1.33 bits per heavy atom. The van der Waals surface area contributed by atoms with Crippen LogP contribution in [0.5, 0.6) is 11.5 Å². The molecule has 0 radical (unpaired) electrons. The van der Waals surface area contributed by atoms with Crippen molar-refractivity contribution in [3.05, 3.63) is 35.4 Å². The Kier molecular flexibility index (Phi) is 3.84. The van der Waals surface area contributed by atoms with Crippen molar-refractivity contribution in [3.63, 3.8) is 0 Å². The first-order valence-electron chi connectivity index (χ1n) is 8.25. The average molecular weight is 328 g/mol. The summed E-state index contributed by atoms with van der Waals surface area (Å²) in [7, 11) is 0. The van der Waals surface area contributed by atoms with Crippen molar-refractivity contribution in [1.29, 1.82) is 0 Å². The monoisotopic (exact) mass is 328 g/mol. The van der Waals surface area contributed by atoms with E-state index < -0.39 is 0 Å². The summed E-state index contributed by atoms with van der Waals surface area (Å²) in [4.78, 5) is 12.2. The molecule has 3 heterocycles. The molecule has 2 aromatic rings. The van der Waals surface area contributed by atoms with Crippen LogP contribution < -0.4 is 14.8 Å². The predicted octanol–water partition coefficient (Wildman–Crippen LogP) is 1.38. The van der Waals surface area contributed by atoms with Crippen molar-refractivity contribution >= 4 is 5.91 Å². The maximum Gasteiger partial charge on any atom is 0.231 e. The number of nitrogens with zero attached hydrogens (tertiary/aromatic N) is 3. The van der Waals surface area contributed by atoms with Crippen molar-refractivity contribution in [3.8, 4) is 11.5 Å². The van der Waals surface area contributed by atoms with Crippen LogP contribution in [0.3, 0.4) is 0 Å². The van der Waals surface area contributed by atoms with Gasteiger partial charge in [-0.1, -0.05) is 6.07 Å². The van der Waals surface area contributed by atoms with Gasteiger partial charge in [0.1, 0.15) is 11.6 Å². The standard InChI is InChI=1S/C17H20N4O3/c1-11-19-20-16-6-4-13(9-21(11)16)18-17(22)7-3-12-2-5-14-15(8-12)24-10-23-14/h2,5,8,13H,3-4,6-7,9-10H2,1H3,(H,18,22)/t13-/m1/s1. The van der Waals surface area contributed by atoms with E-state index in [9.17, 15) is 4.79 Å². The molecule has 2 aliphatic rings. The Morgan fingerprint density at radius 3 is 3.12 bits per heavy atom. The van der Waals surface area contributed by atoms with Crippen LogP contribution in [-0.2, 0) is 24.2 Å². The number of amides is 1. The summed E-state index contributed by atoms with van der Waals surface area (Å²) in [5.41, 5.74) is 1.08.